The number of rotatable bonds is 11. The molecule has 0 fully saturated rings. The van der Waals surface area contributed by atoms with Crippen LogP contribution < -0.4 is 26.6 Å². The van der Waals surface area contributed by atoms with Crippen molar-refractivity contribution in [2.45, 2.75) is 51.7 Å². The Balaban J connectivity index is 0.00000441. The highest BCUT2D eigenvalue weighted by Gasteiger charge is 2.38. The summed E-state index contributed by atoms with van der Waals surface area (Å²) in [6.07, 6.45) is 0.927. The Morgan fingerprint density at radius 3 is 2.67 bits per heavy atom. The molecule has 1 aliphatic rings. The van der Waals surface area contributed by atoms with Crippen LogP contribution in [0.25, 0.3) is 0 Å². The number of aromatic amines is 1. The number of carbonyl (C=O) groups excluding carboxylic acids is 4. The highest BCUT2D eigenvalue weighted by Crippen LogP contribution is 2.32. The Hall–Kier alpha value is -4.11. The minimum absolute atomic E-state index is 0. The fourth-order valence-electron chi connectivity index (χ4n) is 4.30. The molecule has 6 N–H and O–H groups in total. The molecule has 0 aliphatic carbocycles. The number of halogens is 1. The third kappa shape index (κ3) is 7.30. The van der Waals surface area contributed by atoms with Crippen LogP contribution in [0.5, 0.6) is 0 Å². The summed E-state index contributed by atoms with van der Waals surface area (Å²) in [7, 11) is 0. The Kier molecular flexibility index (Phi) is 10.5. The smallest absolute Gasteiger partial charge is 0.247 e. The number of nitrogens with two attached hydrogens (primary N) is 1. The molecule has 0 bridgehead atoms. The molecule has 40 heavy (non-hydrogen) atoms. The summed E-state index contributed by atoms with van der Waals surface area (Å²) in [6, 6.07) is 5.56. The van der Waals surface area contributed by atoms with Crippen molar-refractivity contribution in [2.24, 2.45) is 5.92 Å². The van der Waals surface area contributed by atoms with E-state index in [1.165, 1.54) is 16.2 Å². The zero-order valence-electron chi connectivity index (χ0n) is 21.9. The second-order valence-corrected chi connectivity index (χ2v) is 10.1. The molecule has 0 saturated carbocycles. The second kappa shape index (κ2) is 13.8. The third-order valence-corrected chi connectivity index (χ3v) is 7.22. The minimum Gasteiger partial charge on any atom is -0.375 e. The molecular formula is C24H31ClN10O4S. The van der Waals surface area contributed by atoms with E-state index in [0.29, 0.717) is 35.2 Å². The van der Waals surface area contributed by atoms with Gasteiger partial charge in [-0.1, -0.05) is 43.7 Å². The van der Waals surface area contributed by atoms with Crippen molar-refractivity contribution in [3.05, 3.63) is 46.7 Å². The summed E-state index contributed by atoms with van der Waals surface area (Å²) in [5.41, 5.74) is 7.59. The maximum absolute atomic E-state index is 13.4. The second-order valence-electron chi connectivity index (χ2n) is 9.16. The Morgan fingerprint density at radius 1 is 1.23 bits per heavy atom. The molecule has 3 heterocycles. The number of nitrogen functional groups attached to an aromatic ring is 1. The topological polar surface area (TPSA) is 201 Å². The molecular weight excluding hydrogens is 560 g/mol. The third-order valence-electron chi connectivity index (χ3n) is 6.49. The van der Waals surface area contributed by atoms with Gasteiger partial charge in [-0.05, 0) is 17.5 Å². The number of carbonyl (C=O) groups is 4. The van der Waals surface area contributed by atoms with Crippen molar-refractivity contribution in [2.75, 3.05) is 17.2 Å². The molecule has 1 aromatic carbocycles. The minimum atomic E-state index is -0.855. The number of hydrogen-bond acceptors (Lipinski definition) is 10. The first-order chi connectivity index (χ1) is 18.8. The number of aromatic nitrogens is 5. The van der Waals surface area contributed by atoms with Crippen molar-refractivity contribution in [1.82, 2.24) is 41.6 Å². The van der Waals surface area contributed by atoms with Crippen molar-refractivity contribution < 1.29 is 19.2 Å². The van der Waals surface area contributed by atoms with Gasteiger partial charge in [0.25, 0.3) is 0 Å². The number of para-hydroxylation sites is 1. The van der Waals surface area contributed by atoms with E-state index in [1.807, 2.05) is 26.0 Å². The van der Waals surface area contributed by atoms with E-state index in [1.54, 1.807) is 17.5 Å². The van der Waals surface area contributed by atoms with E-state index in [2.05, 4.69) is 41.6 Å². The fourth-order valence-corrected chi connectivity index (χ4v) is 4.86. The lowest BCUT2D eigenvalue weighted by Crippen LogP contribution is -2.54. The number of anilines is 2. The highest BCUT2D eigenvalue weighted by molar-refractivity contribution is 7.13. The molecule has 3 aromatic rings. The van der Waals surface area contributed by atoms with Crippen LogP contribution in [-0.4, -0.2) is 67.9 Å². The van der Waals surface area contributed by atoms with Gasteiger partial charge in [0, 0.05) is 17.5 Å². The molecule has 0 saturated heterocycles. The van der Waals surface area contributed by atoms with Crippen LogP contribution in [0.4, 0.5) is 10.8 Å². The summed E-state index contributed by atoms with van der Waals surface area (Å²) >= 11 is 1.23. The number of H-pyrrole nitrogens is 1. The first-order valence-electron chi connectivity index (χ1n) is 12.4. The molecule has 2 unspecified atom stereocenters. The Morgan fingerprint density at radius 2 is 2.00 bits per heavy atom. The van der Waals surface area contributed by atoms with Crippen LogP contribution >= 0.6 is 23.7 Å². The number of thiazole rings is 1. The largest absolute Gasteiger partial charge is 0.375 e. The first-order valence-corrected chi connectivity index (χ1v) is 13.3. The quantitative estimate of drug-likeness (QED) is 0.206. The van der Waals surface area contributed by atoms with Gasteiger partial charge in [0.2, 0.25) is 23.6 Å². The van der Waals surface area contributed by atoms with Crippen molar-refractivity contribution in [3.8, 4) is 0 Å². The standard InChI is InChI=1S/C24H30N10O4S.ClH/c1-3-13(2)21(29-19(35)9-15-12-39-24(25)28-15)23(38)27-11-20(36)34-16-7-5-4-6-14(16)8-17(34)22(37)26-10-18-30-32-33-31-18;/h4-7,12-13,17,21H,3,8-11H2,1-2H3,(H2,25,28)(H,26,37)(H,27,38)(H,29,35)(H,30,31,32,33);1H/t13?,17-,21?;/m0./s1. The van der Waals surface area contributed by atoms with Gasteiger partial charge in [0.05, 0.1) is 25.2 Å². The van der Waals surface area contributed by atoms with Gasteiger partial charge in [-0.15, -0.1) is 33.9 Å². The van der Waals surface area contributed by atoms with Gasteiger partial charge in [-0.3, -0.25) is 24.1 Å². The monoisotopic (exact) mass is 590 g/mol. The molecule has 4 amide bonds. The SMILES string of the molecule is CCC(C)C(NC(=O)Cc1csc(N)n1)C(=O)NCC(=O)N1c2ccccc2C[C@H]1C(=O)NCc1nn[nH]n1.Cl. The first kappa shape index (κ1) is 30.4. The summed E-state index contributed by atoms with van der Waals surface area (Å²) in [5, 5.41) is 23.6. The number of amides is 4. The van der Waals surface area contributed by atoms with E-state index in [4.69, 9.17) is 5.73 Å². The van der Waals surface area contributed by atoms with Crippen LogP contribution in [0.2, 0.25) is 0 Å². The van der Waals surface area contributed by atoms with Crippen molar-refractivity contribution in [1.29, 1.82) is 0 Å². The molecule has 4 rings (SSSR count). The van der Waals surface area contributed by atoms with E-state index >= 15 is 0 Å². The Labute approximate surface area is 240 Å². The predicted octanol–water partition coefficient (Wildman–Crippen LogP) is 0.124. The molecule has 2 aromatic heterocycles. The van der Waals surface area contributed by atoms with Crippen molar-refractivity contribution >= 4 is 58.2 Å². The lowest BCUT2D eigenvalue weighted by atomic mass is 9.98. The van der Waals surface area contributed by atoms with Gasteiger partial charge in [-0.25, -0.2) is 4.98 Å². The van der Waals surface area contributed by atoms with Crippen LogP contribution in [0.3, 0.4) is 0 Å². The summed E-state index contributed by atoms with van der Waals surface area (Å²) < 4.78 is 0. The van der Waals surface area contributed by atoms with E-state index in [9.17, 15) is 19.2 Å². The molecule has 214 valence electrons. The average molecular weight is 591 g/mol. The molecule has 0 radical (unpaired) electrons. The van der Waals surface area contributed by atoms with Crippen LogP contribution in [0, 0.1) is 5.92 Å². The maximum atomic E-state index is 13.4. The summed E-state index contributed by atoms with van der Waals surface area (Å²) in [4.78, 5) is 57.6. The maximum Gasteiger partial charge on any atom is 0.247 e. The predicted molar refractivity (Wildman–Crippen MR) is 149 cm³/mol. The van der Waals surface area contributed by atoms with Gasteiger partial charge in [-0.2, -0.15) is 5.21 Å². The van der Waals surface area contributed by atoms with E-state index in [-0.39, 0.29) is 49.6 Å². The van der Waals surface area contributed by atoms with E-state index in [0.717, 1.165) is 5.56 Å². The summed E-state index contributed by atoms with van der Waals surface area (Å²) in [5.74, 6) is -1.60. The highest BCUT2D eigenvalue weighted by atomic mass is 35.5. The number of benzene rings is 1. The number of tetrazole rings is 1. The summed E-state index contributed by atoms with van der Waals surface area (Å²) in [6.45, 7) is 3.44. The van der Waals surface area contributed by atoms with Crippen LogP contribution in [0.1, 0.15) is 37.4 Å². The molecule has 14 nitrogen and oxygen atoms in total. The van der Waals surface area contributed by atoms with Crippen LogP contribution in [-0.2, 0) is 38.6 Å². The number of fused-ring (bicyclic) bond motifs is 1. The van der Waals surface area contributed by atoms with Crippen molar-refractivity contribution in [3.63, 3.8) is 0 Å². The average Bonchev–Trinajstić information content (AvgIpc) is 3.68. The van der Waals surface area contributed by atoms with Crippen LogP contribution in [0.15, 0.2) is 29.6 Å². The fraction of sp³-hybridized carbons (Fsp3) is 0.417. The Bertz CT molecular complexity index is 1330. The molecule has 3 atom stereocenters. The zero-order valence-corrected chi connectivity index (χ0v) is 23.6. The van der Waals surface area contributed by atoms with E-state index < -0.39 is 23.9 Å². The lowest BCUT2D eigenvalue weighted by molar-refractivity contribution is -0.131. The zero-order chi connectivity index (χ0) is 27.9. The van der Waals surface area contributed by atoms with Gasteiger partial charge >= 0.3 is 0 Å². The van der Waals surface area contributed by atoms with Gasteiger partial charge < -0.3 is 21.7 Å². The number of nitrogens with one attached hydrogen (secondary N) is 4. The number of nitrogens with zero attached hydrogens (tertiary/aromatic N) is 5. The normalized spacial score (nSPS) is 15.3. The van der Waals surface area contributed by atoms with Gasteiger partial charge in [0.1, 0.15) is 12.1 Å². The lowest BCUT2D eigenvalue weighted by Gasteiger charge is -2.26. The molecule has 16 heteroatoms. The number of hydrogen-bond donors (Lipinski definition) is 5. The molecule has 1 aliphatic heterocycles. The molecule has 0 spiro atoms. The van der Waals surface area contributed by atoms with Gasteiger partial charge in [0.15, 0.2) is 11.0 Å².